The standard InChI is InChI=1S/C20H19Cl2NO3/c1-23-19(24)18-14(7-5-8-17(18)26-2)20(23,25)11-4-3-6-13-9-10-15(21)16(22)12-13/h3,5-10,12,25H,4,11H2,1-2H3. The molecule has 1 N–H and O–H groups in total. The maximum atomic E-state index is 12.6. The molecular formula is C20H19Cl2NO3. The average Bonchev–Trinajstić information content (AvgIpc) is 2.83. The molecule has 0 radical (unpaired) electrons. The maximum absolute atomic E-state index is 12.6. The quantitative estimate of drug-likeness (QED) is 0.801. The Kier molecular flexibility index (Phi) is 5.28. The van der Waals surface area contributed by atoms with Crippen molar-refractivity contribution in [1.29, 1.82) is 0 Å². The Morgan fingerprint density at radius 2 is 2.00 bits per heavy atom. The van der Waals surface area contributed by atoms with Crippen molar-refractivity contribution in [3.05, 3.63) is 69.2 Å². The van der Waals surface area contributed by atoms with Gasteiger partial charge >= 0.3 is 0 Å². The van der Waals surface area contributed by atoms with Gasteiger partial charge in [0.1, 0.15) is 5.75 Å². The number of hydrogen-bond acceptors (Lipinski definition) is 3. The molecule has 1 aliphatic rings. The van der Waals surface area contributed by atoms with Gasteiger partial charge < -0.3 is 14.7 Å². The molecule has 0 aliphatic carbocycles. The Morgan fingerprint density at radius 1 is 1.23 bits per heavy atom. The van der Waals surface area contributed by atoms with E-state index < -0.39 is 5.72 Å². The van der Waals surface area contributed by atoms with Crippen LogP contribution in [-0.4, -0.2) is 30.1 Å². The molecule has 6 heteroatoms. The maximum Gasteiger partial charge on any atom is 0.260 e. The fourth-order valence-corrected chi connectivity index (χ4v) is 3.50. The van der Waals surface area contributed by atoms with Gasteiger partial charge in [-0.2, -0.15) is 0 Å². The van der Waals surface area contributed by atoms with Crippen LogP contribution in [0.15, 0.2) is 42.5 Å². The number of fused-ring (bicyclic) bond motifs is 1. The van der Waals surface area contributed by atoms with Crippen molar-refractivity contribution < 1.29 is 14.6 Å². The first-order chi connectivity index (χ1) is 12.4. The second-order valence-corrected chi connectivity index (χ2v) is 6.99. The van der Waals surface area contributed by atoms with Crippen LogP contribution in [0.4, 0.5) is 0 Å². The van der Waals surface area contributed by atoms with Crippen molar-refractivity contribution in [3.8, 4) is 5.75 Å². The Labute approximate surface area is 162 Å². The molecule has 3 rings (SSSR count). The number of ether oxygens (including phenoxy) is 1. The van der Waals surface area contributed by atoms with Crippen LogP contribution < -0.4 is 4.74 Å². The monoisotopic (exact) mass is 391 g/mol. The normalized spacial score (nSPS) is 19.3. The number of benzene rings is 2. The lowest BCUT2D eigenvalue weighted by molar-refractivity contribution is -0.0776. The largest absolute Gasteiger partial charge is 0.496 e. The van der Waals surface area contributed by atoms with Gasteiger partial charge in [-0.25, -0.2) is 0 Å². The highest BCUT2D eigenvalue weighted by Gasteiger charge is 2.47. The molecule has 0 fully saturated rings. The zero-order chi connectivity index (χ0) is 18.9. The van der Waals surface area contributed by atoms with E-state index in [4.69, 9.17) is 27.9 Å². The van der Waals surface area contributed by atoms with E-state index in [0.717, 1.165) is 5.56 Å². The van der Waals surface area contributed by atoms with E-state index in [1.54, 1.807) is 37.4 Å². The number of carbonyl (C=O) groups is 1. The summed E-state index contributed by atoms with van der Waals surface area (Å²) in [6.07, 6.45) is 4.79. The van der Waals surface area contributed by atoms with Crippen LogP contribution in [0.3, 0.4) is 0 Å². The van der Waals surface area contributed by atoms with Gasteiger partial charge in [-0.05, 0) is 30.2 Å². The van der Waals surface area contributed by atoms with Crippen molar-refractivity contribution in [2.24, 2.45) is 0 Å². The molecular weight excluding hydrogens is 373 g/mol. The highest BCUT2D eigenvalue weighted by molar-refractivity contribution is 6.42. The van der Waals surface area contributed by atoms with Gasteiger partial charge in [-0.3, -0.25) is 4.79 Å². The second kappa shape index (κ2) is 7.31. The smallest absolute Gasteiger partial charge is 0.260 e. The van der Waals surface area contributed by atoms with Crippen LogP contribution >= 0.6 is 23.2 Å². The summed E-state index contributed by atoms with van der Waals surface area (Å²) in [4.78, 5) is 13.9. The number of amides is 1. The predicted octanol–water partition coefficient (Wildman–Crippen LogP) is 4.73. The van der Waals surface area contributed by atoms with Crippen LogP contribution in [0.2, 0.25) is 10.0 Å². The molecule has 4 nitrogen and oxygen atoms in total. The molecule has 0 saturated carbocycles. The number of carbonyl (C=O) groups excluding carboxylic acids is 1. The minimum Gasteiger partial charge on any atom is -0.496 e. The molecule has 1 heterocycles. The zero-order valence-electron chi connectivity index (χ0n) is 14.5. The molecule has 26 heavy (non-hydrogen) atoms. The number of nitrogens with zero attached hydrogens (tertiary/aromatic N) is 1. The molecule has 2 aromatic rings. The van der Waals surface area contributed by atoms with Gasteiger partial charge in [0.05, 0.1) is 22.7 Å². The summed E-state index contributed by atoms with van der Waals surface area (Å²) in [5, 5.41) is 12.2. The van der Waals surface area contributed by atoms with Crippen LogP contribution in [-0.2, 0) is 5.72 Å². The zero-order valence-corrected chi connectivity index (χ0v) is 16.0. The summed E-state index contributed by atoms with van der Waals surface area (Å²) in [5.41, 5.74) is 0.563. The Bertz CT molecular complexity index is 881. The summed E-state index contributed by atoms with van der Waals surface area (Å²) in [6.45, 7) is 0. The number of allylic oxidation sites excluding steroid dienone is 1. The minimum atomic E-state index is -1.36. The minimum absolute atomic E-state index is 0.242. The molecule has 2 aromatic carbocycles. The third-order valence-electron chi connectivity index (χ3n) is 4.66. The predicted molar refractivity (Wildman–Crippen MR) is 104 cm³/mol. The Morgan fingerprint density at radius 3 is 2.69 bits per heavy atom. The van der Waals surface area contributed by atoms with Gasteiger partial charge in [0, 0.05) is 19.0 Å². The second-order valence-electron chi connectivity index (χ2n) is 6.18. The number of aliphatic hydroxyl groups is 1. The van der Waals surface area contributed by atoms with Crippen molar-refractivity contribution in [2.75, 3.05) is 14.2 Å². The first-order valence-electron chi connectivity index (χ1n) is 8.18. The number of halogens is 2. The fourth-order valence-electron chi connectivity index (χ4n) is 3.19. The van der Waals surface area contributed by atoms with Crippen LogP contribution in [0.5, 0.6) is 5.75 Å². The SMILES string of the molecule is COc1cccc2c1C(=O)N(C)C2(O)CCC=Cc1ccc(Cl)c(Cl)c1. The fraction of sp³-hybridized carbons (Fsp3) is 0.250. The molecule has 0 bridgehead atoms. The van der Waals surface area contributed by atoms with Gasteiger partial charge in [0.2, 0.25) is 0 Å². The van der Waals surface area contributed by atoms with E-state index in [1.165, 1.54) is 12.0 Å². The van der Waals surface area contributed by atoms with Gasteiger partial charge in [-0.1, -0.05) is 53.6 Å². The summed E-state index contributed by atoms with van der Waals surface area (Å²) >= 11 is 11.9. The Balaban J connectivity index is 1.78. The van der Waals surface area contributed by atoms with Crippen molar-refractivity contribution in [3.63, 3.8) is 0 Å². The topological polar surface area (TPSA) is 49.8 Å². The Hall–Kier alpha value is -2.01. The van der Waals surface area contributed by atoms with E-state index in [2.05, 4.69) is 0 Å². The lowest BCUT2D eigenvalue weighted by Gasteiger charge is -2.31. The highest BCUT2D eigenvalue weighted by Crippen LogP contribution is 2.43. The number of rotatable bonds is 5. The molecule has 0 spiro atoms. The van der Waals surface area contributed by atoms with E-state index in [-0.39, 0.29) is 5.91 Å². The van der Waals surface area contributed by atoms with E-state index >= 15 is 0 Å². The van der Waals surface area contributed by atoms with E-state index in [9.17, 15) is 9.90 Å². The molecule has 0 saturated heterocycles. The third-order valence-corrected chi connectivity index (χ3v) is 5.40. The summed E-state index contributed by atoms with van der Waals surface area (Å²) < 4.78 is 5.28. The molecule has 1 aliphatic heterocycles. The number of hydrogen-bond donors (Lipinski definition) is 1. The summed E-state index contributed by atoms with van der Waals surface area (Å²) in [5.74, 6) is 0.232. The molecule has 1 unspecified atom stereocenters. The van der Waals surface area contributed by atoms with Crippen LogP contribution in [0.1, 0.15) is 34.3 Å². The molecule has 1 amide bonds. The highest BCUT2D eigenvalue weighted by atomic mass is 35.5. The molecule has 136 valence electrons. The van der Waals surface area contributed by atoms with Crippen molar-refractivity contribution in [2.45, 2.75) is 18.6 Å². The van der Waals surface area contributed by atoms with Crippen LogP contribution in [0, 0.1) is 0 Å². The van der Waals surface area contributed by atoms with Crippen molar-refractivity contribution >= 4 is 35.2 Å². The van der Waals surface area contributed by atoms with Gasteiger partial charge in [0.25, 0.3) is 5.91 Å². The first-order valence-corrected chi connectivity index (χ1v) is 8.93. The molecule has 1 atom stereocenters. The number of methoxy groups -OCH3 is 1. The van der Waals surface area contributed by atoms with Crippen LogP contribution in [0.25, 0.3) is 6.08 Å². The van der Waals surface area contributed by atoms with E-state index in [1.807, 2.05) is 18.2 Å². The third kappa shape index (κ3) is 3.20. The summed E-state index contributed by atoms with van der Waals surface area (Å²) in [6, 6.07) is 10.7. The van der Waals surface area contributed by atoms with Crippen molar-refractivity contribution in [1.82, 2.24) is 4.90 Å². The van der Waals surface area contributed by atoms with Gasteiger partial charge in [0.15, 0.2) is 5.72 Å². The van der Waals surface area contributed by atoms with E-state index in [0.29, 0.717) is 39.8 Å². The first kappa shape index (κ1) is 18.8. The average molecular weight is 392 g/mol. The summed E-state index contributed by atoms with van der Waals surface area (Å²) in [7, 11) is 3.12. The molecule has 0 aromatic heterocycles. The lowest BCUT2D eigenvalue weighted by atomic mass is 9.96. The lowest BCUT2D eigenvalue weighted by Crippen LogP contribution is -2.40. The van der Waals surface area contributed by atoms with Gasteiger partial charge in [-0.15, -0.1) is 0 Å².